The number of alkyl halides is 3. The summed E-state index contributed by atoms with van der Waals surface area (Å²) in [5.41, 5.74) is 0.826. The molecule has 0 aliphatic carbocycles. The number of halogens is 3. The molecular formula is C19H17F3N2O2S. The quantitative estimate of drug-likeness (QED) is 0.545. The largest absolute Gasteiger partial charge is 0.478 e. The number of carbonyl (C=O) groups is 1. The van der Waals surface area contributed by atoms with Crippen LogP contribution in [0.1, 0.15) is 29.8 Å². The molecule has 2 aromatic carbocycles. The molecule has 2 N–H and O–H groups in total. The van der Waals surface area contributed by atoms with E-state index >= 15 is 0 Å². The molecule has 1 heterocycles. The number of aromatic carboxylic acids is 1. The number of carboxylic acid groups (broad SMARTS) is 1. The standard InChI is InChI=1S/C17H11F3N2O2S.C2H6/c18-17(19,20)12-5-2-6-13(8-12)21-16-22-14(9-25-16)10-3-1-4-11(7-10)15(23)24;1-2/h1-9H,(H,21,22)(H,23,24);1-2H3. The first-order valence-electron chi connectivity index (χ1n) is 8.06. The van der Waals surface area contributed by atoms with E-state index in [1.54, 1.807) is 17.5 Å². The number of benzene rings is 2. The predicted octanol–water partition coefficient (Wildman–Crippen LogP) is 6.30. The van der Waals surface area contributed by atoms with Crippen molar-refractivity contribution < 1.29 is 23.1 Å². The summed E-state index contributed by atoms with van der Waals surface area (Å²) in [6.45, 7) is 4.00. The third-order valence-electron chi connectivity index (χ3n) is 3.35. The molecule has 0 fully saturated rings. The van der Waals surface area contributed by atoms with E-state index in [-0.39, 0.29) is 11.3 Å². The highest BCUT2D eigenvalue weighted by Gasteiger charge is 2.30. The molecule has 0 amide bonds. The maximum Gasteiger partial charge on any atom is 0.416 e. The zero-order chi connectivity index (χ0) is 20.0. The second-order valence-electron chi connectivity index (χ2n) is 5.13. The van der Waals surface area contributed by atoms with Crippen LogP contribution in [0.15, 0.2) is 53.9 Å². The number of thiazole rings is 1. The fourth-order valence-corrected chi connectivity index (χ4v) is 2.91. The van der Waals surface area contributed by atoms with Gasteiger partial charge in [-0.15, -0.1) is 11.3 Å². The minimum Gasteiger partial charge on any atom is -0.478 e. The lowest BCUT2D eigenvalue weighted by Gasteiger charge is -2.08. The summed E-state index contributed by atoms with van der Waals surface area (Å²) in [6, 6.07) is 11.1. The van der Waals surface area contributed by atoms with Gasteiger partial charge in [-0.05, 0) is 30.3 Å². The van der Waals surface area contributed by atoms with Crippen molar-refractivity contribution in [3.8, 4) is 11.3 Å². The van der Waals surface area contributed by atoms with E-state index in [0.717, 1.165) is 12.1 Å². The molecule has 0 radical (unpaired) electrons. The number of aromatic nitrogens is 1. The Morgan fingerprint density at radius 1 is 1.11 bits per heavy atom. The van der Waals surface area contributed by atoms with E-state index in [2.05, 4.69) is 10.3 Å². The highest BCUT2D eigenvalue weighted by atomic mass is 32.1. The van der Waals surface area contributed by atoms with Crippen LogP contribution in [-0.4, -0.2) is 16.1 Å². The molecule has 3 rings (SSSR count). The summed E-state index contributed by atoms with van der Waals surface area (Å²) in [6.07, 6.45) is -4.41. The zero-order valence-electron chi connectivity index (χ0n) is 14.5. The van der Waals surface area contributed by atoms with Gasteiger partial charge in [-0.1, -0.05) is 32.0 Å². The van der Waals surface area contributed by atoms with Gasteiger partial charge in [-0.25, -0.2) is 9.78 Å². The van der Waals surface area contributed by atoms with E-state index in [9.17, 15) is 18.0 Å². The first kappa shape index (κ1) is 20.4. The zero-order valence-corrected chi connectivity index (χ0v) is 15.4. The first-order valence-corrected chi connectivity index (χ1v) is 8.94. The van der Waals surface area contributed by atoms with Gasteiger partial charge in [0.15, 0.2) is 5.13 Å². The lowest BCUT2D eigenvalue weighted by Crippen LogP contribution is -2.05. The smallest absolute Gasteiger partial charge is 0.416 e. The first-order chi connectivity index (χ1) is 12.8. The molecular weight excluding hydrogens is 377 g/mol. The van der Waals surface area contributed by atoms with Crippen molar-refractivity contribution in [3.05, 3.63) is 65.0 Å². The van der Waals surface area contributed by atoms with E-state index in [4.69, 9.17) is 5.11 Å². The van der Waals surface area contributed by atoms with Crippen LogP contribution in [0.25, 0.3) is 11.3 Å². The number of nitrogens with one attached hydrogen (secondary N) is 1. The summed E-state index contributed by atoms with van der Waals surface area (Å²) in [5, 5.41) is 14.0. The van der Waals surface area contributed by atoms with E-state index in [0.29, 0.717) is 16.4 Å². The third-order valence-corrected chi connectivity index (χ3v) is 4.11. The van der Waals surface area contributed by atoms with Crippen LogP contribution >= 0.6 is 11.3 Å². The molecule has 0 bridgehead atoms. The molecule has 0 saturated heterocycles. The van der Waals surface area contributed by atoms with Gasteiger partial charge in [0.25, 0.3) is 0 Å². The Balaban J connectivity index is 0.00000126. The summed E-state index contributed by atoms with van der Waals surface area (Å²) >= 11 is 1.22. The fraction of sp³-hybridized carbons (Fsp3) is 0.158. The number of hydrogen-bond acceptors (Lipinski definition) is 4. The summed E-state index contributed by atoms with van der Waals surface area (Å²) in [5.74, 6) is -1.04. The highest BCUT2D eigenvalue weighted by Crippen LogP contribution is 2.32. The van der Waals surface area contributed by atoms with Gasteiger partial charge in [0.1, 0.15) is 0 Å². The van der Waals surface area contributed by atoms with Crippen molar-refractivity contribution in [3.63, 3.8) is 0 Å². The number of anilines is 2. The molecule has 1 aromatic heterocycles. The van der Waals surface area contributed by atoms with Gasteiger partial charge < -0.3 is 10.4 Å². The van der Waals surface area contributed by atoms with Crippen molar-refractivity contribution in [1.82, 2.24) is 4.98 Å². The molecule has 3 aromatic rings. The Morgan fingerprint density at radius 2 is 1.81 bits per heavy atom. The Kier molecular flexibility index (Phi) is 6.57. The molecule has 0 aliphatic heterocycles. The minimum atomic E-state index is -4.41. The minimum absolute atomic E-state index is 0.137. The molecule has 0 spiro atoms. The van der Waals surface area contributed by atoms with E-state index < -0.39 is 17.7 Å². The average Bonchev–Trinajstić information content (AvgIpc) is 3.11. The van der Waals surface area contributed by atoms with Crippen molar-refractivity contribution in [1.29, 1.82) is 0 Å². The van der Waals surface area contributed by atoms with Gasteiger partial charge in [-0.3, -0.25) is 0 Å². The molecule has 27 heavy (non-hydrogen) atoms. The lowest BCUT2D eigenvalue weighted by atomic mass is 10.1. The SMILES string of the molecule is CC.O=C(O)c1cccc(-c2csc(Nc3cccc(C(F)(F)F)c3)n2)c1. The van der Waals surface area contributed by atoms with Crippen LogP contribution in [0.2, 0.25) is 0 Å². The molecule has 0 unspecified atom stereocenters. The van der Waals surface area contributed by atoms with Crippen molar-refractivity contribution in [2.75, 3.05) is 5.32 Å². The average molecular weight is 394 g/mol. The van der Waals surface area contributed by atoms with Gasteiger partial charge in [-0.2, -0.15) is 13.2 Å². The third kappa shape index (κ3) is 5.30. The fourth-order valence-electron chi connectivity index (χ4n) is 2.17. The van der Waals surface area contributed by atoms with Crippen molar-refractivity contribution in [2.24, 2.45) is 0 Å². The monoisotopic (exact) mass is 394 g/mol. The van der Waals surface area contributed by atoms with Crippen LogP contribution in [0.3, 0.4) is 0 Å². The Labute approximate surface area is 158 Å². The predicted molar refractivity (Wildman–Crippen MR) is 101 cm³/mol. The molecule has 0 atom stereocenters. The second-order valence-corrected chi connectivity index (χ2v) is 5.99. The molecule has 0 aliphatic rings. The van der Waals surface area contributed by atoms with Gasteiger partial charge in [0, 0.05) is 16.6 Å². The van der Waals surface area contributed by atoms with E-state index in [1.807, 2.05) is 13.8 Å². The van der Waals surface area contributed by atoms with Gasteiger partial charge in [0.05, 0.1) is 16.8 Å². The van der Waals surface area contributed by atoms with Crippen molar-refractivity contribution >= 4 is 28.1 Å². The number of hydrogen-bond donors (Lipinski definition) is 2. The maximum absolute atomic E-state index is 12.7. The Hall–Kier alpha value is -2.87. The lowest BCUT2D eigenvalue weighted by molar-refractivity contribution is -0.137. The van der Waals surface area contributed by atoms with Gasteiger partial charge >= 0.3 is 12.1 Å². The summed E-state index contributed by atoms with van der Waals surface area (Å²) in [4.78, 5) is 15.3. The molecule has 0 saturated carbocycles. The van der Waals surface area contributed by atoms with E-state index in [1.165, 1.54) is 35.6 Å². The second kappa shape index (κ2) is 8.68. The molecule has 142 valence electrons. The van der Waals surface area contributed by atoms with Crippen LogP contribution in [0, 0.1) is 0 Å². The van der Waals surface area contributed by atoms with Crippen LogP contribution < -0.4 is 5.32 Å². The Morgan fingerprint density at radius 3 is 2.48 bits per heavy atom. The normalized spacial score (nSPS) is 10.7. The number of carboxylic acids is 1. The molecule has 8 heteroatoms. The number of rotatable bonds is 4. The summed E-state index contributed by atoms with van der Waals surface area (Å²) in [7, 11) is 0. The summed E-state index contributed by atoms with van der Waals surface area (Å²) < 4.78 is 38.2. The van der Waals surface area contributed by atoms with Crippen LogP contribution in [0.5, 0.6) is 0 Å². The topological polar surface area (TPSA) is 62.2 Å². The highest BCUT2D eigenvalue weighted by molar-refractivity contribution is 7.14. The molecule has 4 nitrogen and oxygen atoms in total. The van der Waals surface area contributed by atoms with Crippen LogP contribution in [-0.2, 0) is 6.18 Å². The number of nitrogens with zero attached hydrogens (tertiary/aromatic N) is 1. The maximum atomic E-state index is 12.7. The Bertz CT molecular complexity index is 923. The van der Waals surface area contributed by atoms with Crippen LogP contribution in [0.4, 0.5) is 24.0 Å². The van der Waals surface area contributed by atoms with Crippen molar-refractivity contribution in [2.45, 2.75) is 20.0 Å². The van der Waals surface area contributed by atoms with Gasteiger partial charge in [0.2, 0.25) is 0 Å².